The smallest absolute Gasteiger partial charge is 0.410 e. The molecule has 0 spiro atoms. The van der Waals surface area contributed by atoms with Crippen molar-refractivity contribution in [3.8, 4) is 5.75 Å². The van der Waals surface area contributed by atoms with Crippen LogP contribution in [0.25, 0.3) is 5.65 Å². The van der Waals surface area contributed by atoms with E-state index in [1.807, 2.05) is 27.7 Å². The molecular weight excluding hydrogens is 494 g/mol. The highest BCUT2D eigenvalue weighted by Gasteiger charge is 2.32. The van der Waals surface area contributed by atoms with Gasteiger partial charge in [0.05, 0.1) is 17.3 Å². The molecule has 206 valence electrons. The zero-order chi connectivity index (χ0) is 26.9. The first-order valence-electron chi connectivity index (χ1n) is 12.3. The quantitative estimate of drug-likeness (QED) is 0.450. The summed E-state index contributed by atoms with van der Waals surface area (Å²) in [7, 11) is 0. The Morgan fingerprint density at radius 3 is 2.53 bits per heavy atom. The summed E-state index contributed by atoms with van der Waals surface area (Å²) in [4.78, 5) is 32.0. The number of hydrogen-bond acceptors (Lipinski definition) is 5. The summed E-state index contributed by atoms with van der Waals surface area (Å²) in [6.07, 6.45) is 2.95. The molecule has 3 heterocycles. The Hall–Kier alpha value is -3.69. The van der Waals surface area contributed by atoms with E-state index in [1.165, 1.54) is 18.2 Å². The molecule has 0 bridgehead atoms. The monoisotopic (exact) mass is 530 g/mol. The van der Waals surface area contributed by atoms with Gasteiger partial charge >= 0.3 is 6.09 Å². The van der Waals surface area contributed by atoms with E-state index < -0.39 is 17.2 Å². The summed E-state index contributed by atoms with van der Waals surface area (Å²) < 4.78 is 41.0. The predicted molar refractivity (Wildman–Crippen MR) is 140 cm³/mol. The number of pyridine rings is 1. The van der Waals surface area contributed by atoms with Crippen LogP contribution < -0.4 is 10.1 Å². The Bertz CT molecular complexity index is 1310. The highest BCUT2D eigenvalue weighted by atomic mass is 19.1. The van der Waals surface area contributed by atoms with Gasteiger partial charge in [0.25, 0.3) is 5.91 Å². The second kappa shape index (κ2) is 11.4. The number of aromatic nitrogens is 2. The third-order valence-corrected chi connectivity index (χ3v) is 6.15. The van der Waals surface area contributed by atoms with E-state index >= 15 is 0 Å². The molecule has 1 aliphatic heterocycles. The molecule has 2 aromatic heterocycles. The summed E-state index contributed by atoms with van der Waals surface area (Å²) in [5.74, 6) is -1.44. The van der Waals surface area contributed by atoms with Crippen LogP contribution in [-0.4, -0.2) is 51.0 Å². The molecule has 1 aromatic carbocycles. The van der Waals surface area contributed by atoms with Gasteiger partial charge < -0.3 is 19.7 Å². The van der Waals surface area contributed by atoms with Crippen molar-refractivity contribution in [2.24, 2.45) is 0 Å². The topological polar surface area (TPSA) is 85.2 Å². The van der Waals surface area contributed by atoms with E-state index in [0.717, 1.165) is 18.4 Å². The molecule has 1 atom stereocenters. The van der Waals surface area contributed by atoms with Crippen molar-refractivity contribution < 1.29 is 27.8 Å². The van der Waals surface area contributed by atoms with Crippen LogP contribution in [0.15, 0.2) is 30.5 Å². The zero-order valence-electron chi connectivity index (χ0n) is 21.7. The predicted octanol–water partition coefficient (Wildman–Crippen LogP) is 5.57. The van der Waals surface area contributed by atoms with Crippen LogP contribution in [0.3, 0.4) is 0 Å². The number of carbonyl (C=O) groups is 2. The third-order valence-electron chi connectivity index (χ3n) is 6.15. The lowest BCUT2D eigenvalue weighted by Crippen LogP contribution is -2.45. The lowest BCUT2D eigenvalue weighted by atomic mass is 10.2. The molecule has 3 aromatic rings. The van der Waals surface area contributed by atoms with Crippen molar-refractivity contribution in [1.82, 2.24) is 19.6 Å². The van der Waals surface area contributed by atoms with Gasteiger partial charge in [-0.15, -0.1) is 0 Å². The van der Waals surface area contributed by atoms with Crippen LogP contribution in [-0.2, 0) is 11.3 Å². The third kappa shape index (κ3) is 6.23. The average molecular weight is 531 g/mol. The number of rotatable bonds is 6. The van der Waals surface area contributed by atoms with Crippen molar-refractivity contribution in [2.45, 2.75) is 73.1 Å². The zero-order valence-corrected chi connectivity index (χ0v) is 21.7. The van der Waals surface area contributed by atoms with E-state index in [4.69, 9.17) is 9.47 Å². The number of fused-ring (bicyclic) bond motifs is 1. The van der Waals surface area contributed by atoms with Gasteiger partial charge in [-0.3, -0.25) is 9.20 Å². The van der Waals surface area contributed by atoms with Gasteiger partial charge in [0.1, 0.15) is 29.5 Å². The maximum absolute atomic E-state index is 14.1. The van der Waals surface area contributed by atoms with Gasteiger partial charge in [-0.2, -0.15) is 0 Å². The number of halogens is 2. The van der Waals surface area contributed by atoms with Crippen molar-refractivity contribution in [2.75, 3.05) is 13.1 Å². The molecule has 38 heavy (non-hydrogen) atoms. The second-order valence-electron chi connectivity index (χ2n) is 10.3. The molecule has 10 heteroatoms. The fourth-order valence-electron chi connectivity index (χ4n) is 4.46. The highest BCUT2D eigenvalue weighted by molar-refractivity contribution is 5.95. The first-order chi connectivity index (χ1) is 17.4. The Morgan fingerprint density at radius 2 is 1.87 bits per heavy atom. The minimum Gasteiger partial charge on any atom is -0.485 e. The maximum atomic E-state index is 14.1. The normalized spacial score (nSPS) is 15.3. The minimum atomic E-state index is -0.699. The Morgan fingerprint density at radius 1 is 1.18 bits per heavy atom. The fourth-order valence-corrected chi connectivity index (χ4v) is 4.46. The summed E-state index contributed by atoms with van der Waals surface area (Å²) in [6, 6.07) is 5.17. The van der Waals surface area contributed by atoms with Crippen molar-refractivity contribution in [3.05, 3.63) is 64.6 Å². The van der Waals surface area contributed by atoms with Crippen LogP contribution in [0.4, 0.5) is 13.6 Å². The molecule has 1 fully saturated rings. The van der Waals surface area contributed by atoms with Crippen LogP contribution >= 0.6 is 0 Å². The number of ether oxygens (including phenoxy) is 2. The first-order valence-corrected chi connectivity index (χ1v) is 12.3. The lowest BCUT2D eigenvalue weighted by Gasteiger charge is -2.28. The molecule has 0 radical (unpaired) electrons. The molecule has 1 aliphatic rings. The number of likely N-dealkylation sites (tertiary alicyclic amines) is 1. The van der Waals surface area contributed by atoms with Gasteiger partial charge in [0.2, 0.25) is 0 Å². The summed E-state index contributed by atoms with van der Waals surface area (Å²) >= 11 is 0. The first kappa shape index (κ1) is 28.9. The van der Waals surface area contributed by atoms with E-state index in [2.05, 4.69) is 10.3 Å². The highest BCUT2D eigenvalue weighted by Crippen LogP contribution is 2.26. The number of nitrogens with zero attached hydrogens (tertiary/aromatic N) is 3. The molecule has 1 saturated heterocycles. The van der Waals surface area contributed by atoms with Gasteiger partial charge in [-0.25, -0.2) is 18.6 Å². The van der Waals surface area contributed by atoms with E-state index in [-0.39, 0.29) is 44.2 Å². The molecule has 8 nitrogen and oxygen atoms in total. The van der Waals surface area contributed by atoms with Crippen molar-refractivity contribution in [3.63, 3.8) is 0 Å². The number of nitrogens with one attached hydrogen (secondary N) is 1. The number of amides is 2. The molecule has 0 aliphatic carbocycles. The van der Waals surface area contributed by atoms with Crippen molar-refractivity contribution in [1.29, 1.82) is 0 Å². The summed E-state index contributed by atoms with van der Waals surface area (Å²) in [6.45, 7) is 9.50. The molecule has 4 rings (SSSR count). The van der Waals surface area contributed by atoms with Crippen molar-refractivity contribution >= 4 is 17.6 Å². The molecule has 0 saturated carbocycles. The van der Waals surface area contributed by atoms with E-state index in [0.29, 0.717) is 29.3 Å². The molecule has 0 unspecified atom stereocenters. The SMILES string of the molecule is C.Cc1cc(OCc2c(F)cccc2F)c2nc(C)c(C(=O)NC[C@@H]3CCCN3C(=O)OC(C)(C)C)n2c1. The van der Waals surface area contributed by atoms with E-state index in [9.17, 15) is 18.4 Å². The Labute approximate surface area is 221 Å². The number of imidazole rings is 1. The van der Waals surface area contributed by atoms with Crippen LogP contribution in [0.1, 0.15) is 68.3 Å². The van der Waals surface area contributed by atoms with Crippen LogP contribution in [0.2, 0.25) is 0 Å². The lowest BCUT2D eigenvalue weighted by molar-refractivity contribution is 0.0225. The molecule has 1 N–H and O–H groups in total. The van der Waals surface area contributed by atoms with Crippen LogP contribution in [0.5, 0.6) is 5.75 Å². The van der Waals surface area contributed by atoms with E-state index in [1.54, 1.807) is 28.5 Å². The second-order valence-corrected chi connectivity index (χ2v) is 10.3. The largest absolute Gasteiger partial charge is 0.485 e. The molecule has 2 amide bonds. The van der Waals surface area contributed by atoms with Gasteiger partial charge in [-0.05, 0) is 71.2 Å². The maximum Gasteiger partial charge on any atom is 0.410 e. The Balaban J connectivity index is 0.00000400. The summed E-state index contributed by atoms with van der Waals surface area (Å²) in [5.41, 5.74) is 1.14. The Kier molecular flexibility index (Phi) is 8.64. The van der Waals surface area contributed by atoms with Crippen LogP contribution in [0, 0.1) is 25.5 Å². The minimum absolute atomic E-state index is 0. The fraction of sp³-hybridized carbons (Fsp3) is 0.464. The number of aryl methyl sites for hydroxylation is 2. The average Bonchev–Trinajstić information content (AvgIpc) is 3.40. The van der Waals surface area contributed by atoms with Gasteiger partial charge in [0.15, 0.2) is 11.4 Å². The summed E-state index contributed by atoms with van der Waals surface area (Å²) in [5, 5.41) is 2.93. The molecular formula is C28H36F2N4O4. The van der Waals surface area contributed by atoms with Gasteiger partial charge in [-0.1, -0.05) is 13.5 Å². The number of carbonyl (C=O) groups excluding carboxylic acids is 2. The number of benzene rings is 1. The number of hydrogen-bond donors (Lipinski definition) is 1. The van der Waals surface area contributed by atoms with Gasteiger partial charge in [0, 0.05) is 19.3 Å². The standard InChI is InChI=1S/C27H32F2N4O4.CH4/c1-16-12-22(36-15-19-20(28)9-6-10-21(19)29)24-31-17(2)23(33(24)14-16)25(34)30-13-18-8-7-11-32(18)26(35)37-27(3,4)5;/h6,9-10,12,14,18H,7-8,11,13,15H2,1-5H3,(H,30,34);1H4/t18-;/m0./s1.